The van der Waals surface area contributed by atoms with Gasteiger partial charge in [-0.25, -0.2) is 0 Å². The highest BCUT2D eigenvalue weighted by Crippen LogP contribution is 2.58. The Morgan fingerprint density at radius 2 is 1.16 bits per heavy atom. The summed E-state index contributed by atoms with van der Waals surface area (Å²) < 4.78 is 13.8. The molecule has 2 aromatic carbocycles. The first kappa shape index (κ1) is 29.8. The Morgan fingerprint density at radius 3 is 1.61 bits per heavy atom. The predicted octanol–water partition coefficient (Wildman–Crippen LogP) is 9.95. The van der Waals surface area contributed by atoms with Crippen LogP contribution in [0.15, 0.2) is 36.4 Å². The third-order valence-corrected chi connectivity index (χ3v) is 12.7. The molecule has 0 N–H and O–H groups in total. The molecule has 38 heavy (non-hydrogen) atoms. The quantitative estimate of drug-likeness (QED) is 0.354. The zero-order chi connectivity index (χ0) is 28.3. The van der Waals surface area contributed by atoms with E-state index in [2.05, 4.69) is 119 Å². The molecule has 0 unspecified atom stereocenters. The summed E-state index contributed by atoms with van der Waals surface area (Å²) in [6, 6.07) is 14.3. The summed E-state index contributed by atoms with van der Waals surface area (Å²) in [5.74, 6) is 1.02. The molecule has 3 heteroatoms. The van der Waals surface area contributed by atoms with Crippen LogP contribution in [0.5, 0.6) is 0 Å². The molecule has 4 rings (SSSR count). The van der Waals surface area contributed by atoms with Crippen molar-refractivity contribution in [1.82, 2.24) is 0 Å². The van der Waals surface area contributed by atoms with Crippen molar-refractivity contribution >= 4 is 13.2 Å². The Kier molecular flexibility index (Phi) is 8.08. The molecule has 0 radical (unpaired) electrons. The molecule has 2 aliphatic rings. The van der Waals surface area contributed by atoms with Crippen molar-refractivity contribution < 1.29 is 9.47 Å². The van der Waals surface area contributed by atoms with E-state index in [1.54, 1.807) is 5.30 Å². The van der Waals surface area contributed by atoms with Crippen molar-refractivity contribution in [2.24, 2.45) is 5.41 Å². The van der Waals surface area contributed by atoms with Crippen molar-refractivity contribution in [2.45, 2.75) is 131 Å². The molecule has 0 aliphatic carbocycles. The monoisotopic (exact) mass is 536 g/mol. The van der Waals surface area contributed by atoms with E-state index < -0.39 is 5.79 Å². The van der Waals surface area contributed by atoms with Gasteiger partial charge >= 0.3 is 0 Å². The molecule has 2 aromatic rings. The van der Waals surface area contributed by atoms with Crippen LogP contribution in [0.3, 0.4) is 0 Å². The van der Waals surface area contributed by atoms with Crippen molar-refractivity contribution in [3.8, 4) is 11.1 Å². The van der Waals surface area contributed by atoms with E-state index in [1.807, 2.05) is 0 Å². The first-order valence-electron chi connectivity index (χ1n) is 14.9. The van der Waals surface area contributed by atoms with Gasteiger partial charge in [-0.05, 0) is 90.9 Å². The van der Waals surface area contributed by atoms with E-state index in [-0.39, 0.29) is 24.5 Å². The molecule has 1 spiro atoms. The highest BCUT2D eigenvalue weighted by atomic mass is 31.1. The minimum absolute atomic E-state index is 0.0807. The van der Waals surface area contributed by atoms with Gasteiger partial charge in [0.2, 0.25) is 0 Å². The number of benzene rings is 2. The van der Waals surface area contributed by atoms with E-state index in [4.69, 9.17) is 9.47 Å². The standard InChI is InChI=1S/C35H53O2P/c1-23(2)26-21-28(24(3)4)31(29(22-26)25(5)6)27-15-13-14-16-30(27)38-19-17-35(18-20-38)36-33(9,10)32(7,8)34(11,12)37-35/h13-16,21-25H,17-20H2,1-12H3. The third-order valence-electron chi connectivity index (χ3n) is 10.1. The topological polar surface area (TPSA) is 18.5 Å². The van der Waals surface area contributed by atoms with Gasteiger partial charge in [-0.3, -0.25) is 0 Å². The third kappa shape index (κ3) is 5.15. The van der Waals surface area contributed by atoms with Crippen LogP contribution in [0.1, 0.15) is 130 Å². The first-order chi connectivity index (χ1) is 17.5. The minimum Gasteiger partial charge on any atom is -0.343 e. The Balaban J connectivity index is 1.72. The molecule has 0 atom stereocenters. The van der Waals surface area contributed by atoms with Crippen LogP contribution in [0.4, 0.5) is 0 Å². The lowest BCUT2D eigenvalue weighted by Crippen LogP contribution is -2.67. The Bertz CT molecular complexity index is 1100. The zero-order valence-electron chi connectivity index (χ0n) is 26.3. The van der Waals surface area contributed by atoms with E-state index in [0.29, 0.717) is 17.8 Å². The lowest BCUT2D eigenvalue weighted by molar-refractivity contribution is -0.411. The summed E-state index contributed by atoms with van der Waals surface area (Å²) in [5.41, 5.74) is 6.84. The van der Waals surface area contributed by atoms with Crippen molar-refractivity contribution in [3.63, 3.8) is 0 Å². The normalized spacial score (nSPS) is 22.5. The number of hydrogen-bond acceptors (Lipinski definition) is 2. The number of hydrogen-bond donors (Lipinski definition) is 0. The highest BCUT2D eigenvalue weighted by molar-refractivity contribution is 7.66. The van der Waals surface area contributed by atoms with Crippen molar-refractivity contribution in [2.75, 3.05) is 12.3 Å². The molecule has 0 bridgehead atoms. The maximum Gasteiger partial charge on any atom is 0.170 e. The van der Waals surface area contributed by atoms with Gasteiger partial charge in [0.1, 0.15) is 0 Å². The van der Waals surface area contributed by atoms with E-state index in [1.165, 1.54) is 27.8 Å². The van der Waals surface area contributed by atoms with Gasteiger partial charge in [-0.15, -0.1) is 0 Å². The fourth-order valence-electron chi connectivity index (χ4n) is 6.45. The summed E-state index contributed by atoms with van der Waals surface area (Å²) in [4.78, 5) is 0. The summed E-state index contributed by atoms with van der Waals surface area (Å²) >= 11 is 0. The van der Waals surface area contributed by atoms with Gasteiger partial charge < -0.3 is 9.47 Å². The van der Waals surface area contributed by atoms with Gasteiger partial charge in [0.15, 0.2) is 5.79 Å². The maximum atomic E-state index is 6.88. The van der Waals surface area contributed by atoms with Gasteiger partial charge in [0.05, 0.1) is 11.2 Å². The molecule has 2 nitrogen and oxygen atoms in total. The molecule has 210 valence electrons. The first-order valence-corrected chi connectivity index (χ1v) is 16.7. The van der Waals surface area contributed by atoms with Crippen LogP contribution < -0.4 is 5.30 Å². The van der Waals surface area contributed by atoms with Crippen LogP contribution in [0, 0.1) is 5.41 Å². The number of ether oxygens (including phenoxy) is 2. The fourth-order valence-corrected chi connectivity index (χ4v) is 9.20. The van der Waals surface area contributed by atoms with Gasteiger partial charge in [0.25, 0.3) is 0 Å². The van der Waals surface area contributed by atoms with Gasteiger partial charge in [-0.2, -0.15) is 0 Å². The Hall–Kier alpha value is -1.21. The van der Waals surface area contributed by atoms with Crippen LogP contribution in [-0.4, -0.2) is 29.3 Å². The largest absolute Gasteiger partial charge is 0.343 e. The maximum absolute atomic E-state index is 6.88. The minimum atomic E-state index is -0.471. The summed E-state index contributed by atoms with van der Waals surface area (Å²) in [5, 5.41) is 1.56. The van der Waals surface area contributed by atoms with E-state index in [0.717, 1.165) is 25.2 Å². The molecule has 0 saturated carbocycles. The molecule has 0 amide bonds. The second kappa shape index (κ2) is 10.3. The summed E-state index contributed by atoms with van der Waals surface area (Å²) in [6.07, 6.45) is 4.24. The van der Waals surface area contributed by atoms with E-state index in [9.17, 15) is 0 Å². The fraction of sp³-hybridized carbons (Fsp3) is 0.657. The summed E-state index contributed by atoms with van der Waals surface area (Å²) in [7, 11) is -0.291. The summed E-state index contributed by atoms with van der Waals surface area (Å²) in [6.45, 7) is 27.7. The Morgan fingerprint density at radius 1 is 0.684 bits per heavy atom. The molecule has 2 aliphatic heterocycles. The zero-order valence-corrected chi connectivity index (χ0v) is 27.2. The SMILES string of the molecule is CC(C)c1cc(C(C)C)c(-c2ccccc2P2CCC3(CC2)OC(C)(C)C(C)(C)C(C)(C)O3)c(C(C)C)c1. The van der Waals surface area contributed by atoms with Crippen LogP contribution in [0.25, 0.3) is 11.1 Å². The van der Waals surface area contributed by atoms with E-state index >= 15 is 0 Å². The number of rotatable bonds is 5. The average molecular weight is 537 g/mol. The van der Waals surface area contributed by atoms with Crippen LogP contribution in [0.2, 0.25) is 0 Å². The van der Waals surface area contributed by atoms with Crippen molar-refractivity contribution in [1.29, 1.82) is 0 Å². The van der Waals surface area contributed by atoms with Crippen LogP contribution >= 0.6 is 7.92 Å². The lowest BCUT2D eigenvalue weighted by Gasteiger charge is -2.62. The van der Waals surface area contributed by atoms with Crippen molar-refractivity contribution in [3.05, 3.63) is 53.1 Å². The molecule has 0 aromatic heterocycles. The molecule has 2 fully saturated rings. The van der Waals surface area contributed by atoms with Crippen LogP contribution in [-0.2, 0) is 9.47 Å². The smallest absolute Gasteiger partial charge is 0.170 e. The average Bonchev–Trinajstić information content (AvgIpc) is 2.82. The molecular formula is C35H53O2P. The van der Waals surface area contributed by atoms with Gasteiger partial charge in [0, 0.05) is 18.3 Å². The molecule has 2 heterocycles. The predicted molar refractivity (Wildman–Crippen MR) is 167 cm³/mol. The Labute approximate surface area is 235 Å². The van der Waals surface area contributed by atoms with Gasteiger partial charge in [-0.1, -0.05) is 99.7 Å². The lowest BCUT2D eigenvalue weighted by atomic mass is 9.65. The molecule has 2 saturated heterocycles. The molecular weight excluding hydrogens is 483 g/mol. The second-order valence-corrected chi connectivity index (χ2v) is 16.8. The second-order valence-electron chi connectivity index (χ2n) is 14.3. The highest BCUT2D eigenvalue weighted by Gasteiger charge is 2.60.